The maximum Gasteiger partial charge on any atom is 0.337 e. The number of sulfone groups is 1. The van der Waals surface area contributed by atoms with Crippen molar-refractivity contribution in [3.05, 3.63) is 65.2 Å². The number of nitrogens with zero attached hydrogens (tertiary/aromatic N) is 1. The van der Waals surface area contributed by atoms with Crippen LogP contribution in [0.3, 0.4) is 0 Å². The molecule has 0 spiro atoms. The van der Waals surface area contributed by atoms with Crippen LogP contribution in [0.4, 0.5) is 0 Å². The number of rotatable bonds is 4. The van der Waals surface area contributed by atoms with Crippen molar-refractivity contribution < 1.29 is 22.7 Å². The molecule has 26 heavy (non-hydrogen) atoms. The van der Waals surface area contributed by atoms with E-state index in [1.54, 1.807) is 24.3 Å². The van der Waals surface area contributed by atoms with Crippen LogP contribution in [0.25, 0.3) is 0 Å². The first-order valence-corrected chi connectivity index (χ1v) is 9.64. The Kier molecular flexibility index (Phi) is 5.02. The molecular formula is C18H16ClNO5S. The fourth-order valence-electron chi connectivity index (χ4n) is 2.62. The highest BCUT2D eigenvalue weighted by Gasteiger charge is 2.42. The molecule has 2 aromatic carbocycles. The van der Waals surface area contributed by atoms with Crippen molar-refractivity contribution in [1.29, 1.82) is 0 Å². The summed E-state index contributed by atoms with van der Waals surface area (Å²) in [6.07, 6.45) is -0.902. The summed E-state index contributed by atoms with van der Waals surface area (Å²) >= 11 is 5.86. The van der Waals surface area contributed by atoms with E-state index < -0.39 is 27.3 Å². The smallest absolute Gasteiger partial charge is 0.337 e. The van der Waals surface area contributed by atoms with Gasteiger partial charge in [-0.15, -0.1) is 0 Å². The second-order valence-electron chi connectivity index (χ2n) is 5.78. The Morgan fingerprint density at radius 2 is 1.73 bits per heavy atom. The molecule has 0 amide bonds. The molecule has 1 heterocycles. The number of carbonyl (C=O) groups excluding carboxylic acids is 1. The summed E-state index contributed by atoms with van der Waals surface area (Å²) < 4.78 is 36.0. The van der Waals surface area contributed by atoms with Gasteiger partial charge in [0.25, 0.3) is 5.36 Å². The third-order valence-corrected chi connectivity index (χ3v) is 6.14. The number of carbonyl (C=O) groups is 1. The van der Waals surface area contributed by atoms with Crippen LogP contribution < -0.4 is 0 Å². The fraction of sp³-hybridized carbons (Fsp3) is 0.222. The second kappa shape index (κ2) is 7.09. The average Bonchev–Trinajstić information content (AvgIpc) is 3.04. The van der Waals surface area contributed by atoms with Gasteiger partial charge in [0.15, 0.2) is 6.10 Å². The van der Waals surface area contributed by atoms with Gasteiger partial charge in [-0.1, -0.05) is 29.8 Å². The third kappa shape index (κ3) is 3.45. The Bertz CT molecular complexity index is 952. The predicted octanol–water partition coefficient (Wildman–Crippen LogP) is 3.25. The standard InChI is InChI=1S/C18H16ClNO5S/c1-11-3-9-14(10-4-11)26(22,23)16-15(25-18(19)20-16)12-5-7-13(8-6-12)17(21)24-2/h3-10,15-16H,1-2H3. The Morgan fingerprint density at radius 1 is 1.12 bits per heavy atom. The molecule has 0 saturated carbocycles. The Labute approximate surface area is 156 Å². The van der Waals surface area contributed by atoms with Gasteiger partial charge in [-0.2, -0.15) is 0 Å². The number of aryl methyl sites for hydroxylation is 1. The molecular weight excluding hydrogens is 378 g/mol. The predicted molar refractivity (Wildman–Crippen MR) is 97.0 cm³/mol. The van der Waals surface area contributed by atoms with Crippen LogP contribution in [0.5, 0.6) is 0 Å². The van der Waals surface area contributed by atoms with Crippen molar-refractivity contribution in [2.24, 2.45) is 4.99 Å². The molecule has 0 fully saturated rings. The molecule has 1 aliphatic heterocycles. The summed E-state index contributed by atoms with van der Waals surface area (Å²) in [7, 11) is -2.52. The van der Waals surface area contributed by atoms with E-state index in [1.807, 2.05) is 6.92 Å². The van der Waals surface area contributed by atoms with Crippen molar-refractivity contribution in [2.45, 2.75) is 23.3 Å². The number of hydrogen-bond acceptors (Lipinski definition) is 6. The van der Waals surface area contributed by atoms with E-state index in [0.29, 0.717) is 11.1 Å². The molecule has 8 heteroatoms. The van der Waals surface area contributed by atoms with Crippen molar-refractivity contribution in [1.82, 2.24) is 0 Å². The van der Waals surface area contributed by atoms with Crippen LogP contribution in [-0.4, -0.2) is 32.2 Å². The number of benzene rings is 2. The molecule has 0 bridgehead atoms. The number of ether oxygens (including phenoxy) is 2. The normalized spacial score (nSPS) is 19.6. The first-order valence-electron chi connectivity index (χ1n) is 7.72. The minimum absolute atomic E-state index is 0.142. The average molecular weight is 394 g/mol. The van der Waals surface area contributed by atoms with Crippen molar-refractivity contribution in [3.63, 3.8) is 0 Å². The van der Waals surface area contributed by atoms with E-state index in [4.69, 9.17) is 16.3 Å². The summed E-state index contributed by atoms with van der Waals surface area (Å²) in [5.74, 6) is -0.484. The summed E-state index contributed by atoms with van der Waals surface area (Å²) in [4.78, 5) is 15.7. The number of halogens is 1. The summed E-state index contributed by atoms with van der Waals surface area (Å²) in [6, 6.07) is 12.8. The molecule has 3 rings (SSSR count). The third-order valence-electron chi connectivity index (χ3n) is 4.04. The van der Waals surface area contributed by atoms with Crippen LogP contribution in [0.1, 0.15) is 27.6 Å². The summed E-state index contributed by atoms with van der Waals surface area (Å²) in [6.45, 7) is 1.87. The highest BCUT2D eigenvalue weighted by molar-refractivity contribution is 7.92. The largest absolute Gasteiger partial charge is 0.465 e. The van der Waals surface area contributed by atoms with Gasteiger partial charge in [-0.05, 0) is 48.4 Å². The van der Waals surface area contributed by atoms with Gasteiger partial charge < -0.3 is 9.47 Å². The van der Waals surface area contributed by atoms with Gasteiger partial charge in [0.05, 0.1) is 17.6 Å². The van der Waals surface area contributed by atoms with Crippen molar-refractivity contribution >= 4 is 32.8 Å². The van der Waals surface area contributed by atoms with Gasteiger partial charge in [-0.25, -0.2) is 18.2 Å². The van der Waals surface area contributed by atoms with Crippen LogP contribution in [-0.2, 0) is 19.3 Å². The van der Waals surface area contributed by atoms with Gasteiger partial charge in [0.2, 0.25) is 15.2 Å². The lowest BCUT2D eigenvalue weighted by Crippen LogP contribution is -2.24. The minimum Gasteiger partial charge on any atom is -0.465 e. The van der Waals surface area contributed by atoms with Crippen LogP contribution in [0.15, 0.2) is 58.4 Å². The van der Waals surface area contributed by atoms with Gasteiger partial charge in [0, 0.05) is 0 Å². The monoisotopic (exact) mass is 393 g/mol. The zero-order chi connectivity index (χ0) is 18.9. The zero-order valence-electron chi connectivity index (χ0n) is 14.0. The first-order chi connectivity index (χ1) is 12.3. The molecule has 2 atom stereocenters. The van der Waals surface area contributed by atoms with E-state index in [-0.39, 0.29) is 10.3 Å². The van der Waals surface area contributed by atoms with E-state index in [1.165, 1.54) is 31.4 Å². The van der Waals surface area contributed by atoms with E-state index in [9.17, 15) is 13.2 Å². The number of methoxy groups -OCH3 is 1. The van der Waals surface area contributed by atoms with E-state index in [0.717, 1.165) is 5.56 Å². The molecule has 6 nitrogen and oxygen atoms in total. The van der Waals surface area contributed by atoms with Gasteiger partial charge in [0.1, 0.15) is 0 Å². The summed E-state index contributed by atoms with van der Waals surface area (Å²) in [5.41, 5.74) is 1.83. The maximum absolute atomic E-state index is 13.0. The lowest BCUT2D eigenvalue weighted by molar-refractivity contribution is 0.0600. The quantitative estimate of drug-likeness (QED) is 0.744. The SMILES string of the molecule is COC(=O)c1ccc(C2OC(Cl)=NC2S(=O)(=O)c2ccc(C)cc2)cc1. The van der Waals surface area contributed by atoms with Crippen LogP contribution in [0.2, 0.25) is 0 Å². The zero-order valence-corrected chi connectivity index (χ0v) is 15.6. The highest BCUT2D eigenvalue weighted by atomic mass is 35.5. The molecule has 2 aromatic rings. The topological polar surface area (TPSA) is 82.0 Å². The lowest BCUT2D eigenvalue weighted by Gasteiger charge is -2.18. The van der Waals surface area contributed by atoms with E-state index in [2.05, 4.69) is 9.73 Å². The Balaban J connectivity index is 1.95. The number of esters is 1. The lowest BCUT2D eigenvalue weighted by atomic mass is 10.1. The molecule has 0 saturated heterocycles. The summed E-state index contributed by atoms with van der Waals surface area (Å²) in [5, 5.41) is -1.42. The second-order valence-corrected chi connectivity index (χ2v) is 8.15. The van der Waals surface area contributed by atoms with Crippen LogP contribution >= 0.6 is 11.6 Å². The van der Waals surface area contributed by atoms with Crippen molar-refractivity contribution in [2.75, 3.05) is 7.11 Å². The van der Waals surface area contributed by atoms with Gasteiger partial charge >= 0.3 is 5.97 Å². The molecule has 0 radical (unpaired) electrons. The molecule has 0 aromatic heterocycles. The number of hydrogen-bond donors (Lipinski definition) is 0. The molecule has 136 valence electrons. The molecule has 0 aliphatic carbocycles. The fourth-order valence-corrected chi connectivity index (χ4v) is 4.45. The van der Waals surface area contributed by atoms with E-state index >= 15 is 0 Å². The van der Waals surface area contributed by atoms with Crippen molar-refractivity contribution in [3.8, 4) is 0 Å². The van der Waals surface area contributed by atoms with Gasteiger partial charge in [-0.3, -0.25) is 0 Å². The minimum atomic E-state index is -3.81. The highest BCUT2D eigenvalue weighted by Crippen LogP contribution is 2.36. The maximum atomic E-state index is 13.0. The number of aliphatic imine (C=N–C) groups is 1. The first kappa shape index (κ1) is 18.4. The molecule has 0 N–H and O–H groups in total. The van der Waals surface area contributed by atoms with Crippen LogP contribution in [0, 0.1) is 6.92 Å². The Morgan fingerprint density at radius 3 is 2.31 bits per heavy atom. The molecule has 2 unspecified atom stereocenters. The molecule has 1 aliphatic rings. The Hall–Kier alpha value is -2.38.